The first-order valence-electron chi connectivity index (χ1n) is 6.98. The first-order chi connectivity index (χ1) is 10.2. The number of benzene rings is 1. The Labute approximate surface area is 123 Å². The van der Waals surface area contributed by atoms with E-state index < -0.39 is 0 Å². The Kier molecular flexibility index (Phi) is 3.70. The van der Waals surface area contributed by atoms with Crippen LogP contribution in [-0.4, -0.2) is 56.2 Å². The number of fused-ring (bicyclic) bond motifs is 1. The van der Waals surface area contributed by atoms with Gasteiger partial charge in [-0.05, 0) is 18.2 Å². The van der Waals surface area contributed by atoms with Gasteiger partial charge < -0.3 is 24.7 Å². The van der Waals surface area contributed by atoms with Gasteiger partial charge in [0, 0.05) is 31.6 Å². The molecule has 0 spiro atoms. The fraction of sp³-hybridized carbons (Fsp3) is 0.400. The summed E-state index contributed by atoms with van der Waals surface area (Å²) in [6.07, 6.45) is 0. The van der Waals surface area contributed by atoms with E-state index in [0.29, 0.717) is 17.2 Å². The topological polar surface area (TPSA) is 66.6 Å². The van der Waals surface area contributed by atoms with E-state index in [0.717, 1.165) is 37.1 Å². The summed E-state index contributed by atoms with van der Waals surface area (Å²) in [6, 6.07) is 5.56. The molecule has 1 aromatic heterocycles. The number of ether oxygens (including phenoxy) is 2. The Morgan fingerprint density at radius 1 is 1.19 bits per heavy atom. The molecule has 0 unspecified atom stereocenters. The van der Waals surface area contributed by atoms with Crippen molar-refractivity contribution in [3.05, 3.63) is 23.9 Å². The van der Waals surface area contributed by atoms with E-state index in [2.05, 4.69) is 10.3 Å². The Morgan fingerprint density at radius 2 is 1.95 bits per heavy atom. The SMILES string of the molecule is COc1ccc2[nH]c(C(=O)N3CCNCC3)cc2c1OC. The molecule has 2 N–H and O–H groups in total. The minimum atomic E-state index is 0.0220. The zero-order chi connectivity index (χ0) is 14.8. The second-order valence-electron chi connectivity index (χ2n) is 4.99. The summed E-state index contributed by atoms with van der Waals surface area (Å²) in [6.45, 7) is 3.13. The number of piperazine rings is 1. The molecule has 2 heterocycles. The monoisotopic (exact) mass is 289 g/mol. The van der Waals surface area contributed by atoms with Crippen LogP contribution in [0.1, 0.15) is 10.5 Å². The highest BCUT2D eigenvalue weighted by Crippen LogP contribution is 2.35. The van der Waals surface area contributed by atoms with Crippen LogP contribution >= 0.6 is 0 Å². The number of nitrogens with zero attached hydrogens (tertiary/aromatic N) is 1. The number of rotatable bonds is 3. The van der Waals surface area contributed by atoms with Gasteiger partial charge in [0.25, 0.3) is 5.91 Å². The fourth-order valence-electron chi connectivity index (χ4n) is 2.68. The molecule has 21 heavy (non-hydrogen) atoms. The van der Waals surface area contributed by atoms with Crippen LogP contribution in [0, 0.1) is 0 Å². The summed E-state index contributed by atoms with van der Waals surface area (Å²) in [5.74, 6) is 1.32. The molecule has 1 aliphatic rings. The highest BCUT2D eigenvalue weighted by atomic mass is 16.5. The Bertz CT molecular complexity index is 659. The molecule has 6 heteroatoms. The maximum absolute atomic E-state index is 12.5. The van der Waals surface area contributed by atoms with E-state index in [-0.39, 0.29) is 5.91 Å². The highest BCUT2D eigenvalue weighted by molar-refractivity contribution is 6.00. The quantitative estimate of drug-likeness (QED) is 0.892. The van der Waals surface area contributed by atoms with Crippen LogP contribution in [0.5, 0.6) is 11.5 Å². The van der Waals surface area contributed by atoms with Gasteiger partial charge in [-0.15, -0.1) is 0 Å². The number of aromatic amines is 1. The number of nitrogens with one attached hydrogen (secondary N) is 2. The maximum atomic E-state index is 12.5. The third-order valence-electron chi connectivity index (χ3n) is 3.78. The second-order valence-corrected chi connectivity index (χ2v) is 4.99. The van der Waals surface area contributed by atoms with Crippen molar-refractivity contribution >= 4 is 16.8 Å². The first-order valence-corrected chi connectivity index (χ1v) is 6.98. The van der Waals surface area contributed by atoms with Crippen molar-refractivity contribution in [3.63, 3.8) is 0 Å². The number of methoxy groups -OCH3 is 2. The van der Waals surface area contributed by atoms with Crippen LogP contribution in [0.25, 0.3) is 10.9 Å². The highest BCUT2D eigenvalue weighted by Gasteiger charge is 2.21. The lowest BCUT2D eigenvalue weighted by Crippen LogP contribution is -2.46. The number of carbonyl (C=O) groups is 1. The van der Waals surface area contributed by atoms with Gasteiger partial charge in [0.05, 0.1) is 19.7 Å². The molecule has 112 valence electrons. The Hall–Kier alpha value is -2.21. The fourth-order valence-corrected chi connectivity index (χ4v) is 2.68. The van der Waals surface area contributed by atoms with E-state index in [1.165, 1.54) is 0 Å². The van der Waals surface area contributed by atoms with Gasteiger partial charge in [0.2, 0.25) is 0 Å². The molecule has 1 saturated heterocycles. The van der Waals surface area contributed by atoms with Gasteiger partial charge in [-0.3, -0.25) is 4.79 Å². The number of hydrogen-bond acceptors (Lipinski definition) is 4. The van der Waals surface area contributed by atoms with Crippen LogP contribution in [0.2, 0.25) is 0 Å². The zero-order valence-corrected chi connectivity index (χ0v) is 12.2. The van der Waals surface area contributed by atoms with Gasteiger partial charge in [-0.25, -0.2) is 0 Å². The van der Waals surface area contributed by atoms with Crippen LogP contribution in [0.3, 0.4) is 0 Å². The lowest BCUT2D eigenvalue weighted by molar-refractivity contribution is 0.0731. The first kappa shape index (κ1) is 13.8. The van der Waals surface area contributed by atoms with Crippen molar-refractivity contribution in [1.82, 2.24) is 15.2 Å². The van der Waals surface area contributed by atoms with E-state index in [1.807, 2.05) is 23.1 Å². The third kappa shape index (κ3) is 2.42. The third-order valence-corrected chi connectivity index (χ3v) is 3.78. The summed E-state index contributed by atoms with van der Waals surface area (Å²) in [7, 11) is 3.20. The molecular weight excluding hydrogens is 270 g/mol. The molecule has 2 aromatic rings. The van der Waals surface area contributed by atoms with E-state index in [9.17, 15) is 4.79 Å². The molecule has 3 rings (SSSR count). The van der Waals surface area contributed by atoms with E-state index in [1.54, 1.807) is 14.2 Å². The number of H-pyrrole nitrogens is 1. The van der Waals surface area contributed by atoms with Crippen molar-refractivity contribution < 1.29 is 14.3 Å². The Morgan fingerprint density at radius 3 is 2.62 bits per heavy atom. The summed E-state index contributed by atoms with van der Waals surface area (Å²) in [4.78, 5) is 17.5. The zero-order valence-electron chi connectivity index (χ0n) is 12.2. The summed E-state index contributed by atoms with van der Waals surface area (Å²) in [5.41, 5.74) is 1.45. The number of hydrogen-bond donors (Lipinski definition) is 2. The molecule has 1 amide bonds. The van der Waals surface area contributed by atoms with Crippen LogP contribution in [0.4, 0.5) is 0 Å². The predicted octanol–water partition coefficient (Wildman–Crippen LogP) is 1.23. The van der Waals surface area contributed by atoms with Crippen LogP contribution in [-0.2, 0) is 0 Å². The van der Waals surface area contributed by atoms with Gasteiger partial charge >= 0.3 is 0 Å². The van der Waals surface area contributed by atoms with Gasteiger partial charge in [0.1, 0.15) is 5.69 Å². The number of aromatic nitrogens is 1. The van der Waals surface area contributed by atoms with Crippen LogP contribution in [0.15, 0.2) is 18.2 Å². The lowest BCUT2D eigenvalue weighted by Gasteiger charge is -2.26. The molecule has 0 aliphatic carbocycles. The molecule has 1 fully saturated rings. The number of carbonyl (C=O) groups excluding carboxylic acids is 1. The molecular formula is C15H19N3O3. The van der Waals surface area contributed by atoms with Crippen LogP contribution < -0.4 is 14.8 Å². The predicted molar refractivity (Wildman–Crippen MR) is 80.2 cm³/mol. The molecule has 0 saturated carbocycles. The largest absolute Gasteiger partial charge is 0.493 e. The summed E-state index contributed by atoms with van der Waals surface area (Å²) < 4.78 is 10.7. The average molecular weight is 289 g/mol. The van der Waals surface area contributed by atoms with E-state index in [4.69, 9.17) is 9.47 Å². The minimum Gasteiger partial charge on any atom is -0.493 e. The molecule has 0 bridgehead atoms. The molecule has 6 nitrogen and oxygen atoms in total. The van der Waals surface area contributed by atoms with E-state index >= 15 is 0 Å². The van der Waals surface area contributed by atoms with Gasteiger partial charge in [-0.1, -0.05) is 0 Å². The standard InChI is InChI=1S/C15H19N3O3/c1-20-13-4-3-11-10(14(13)21-2)9-12(17-11)15(19)18-7-5-16-6-8-18/h3-4,9,16-17H,5-8H2,1-2H3. The number of amides is 1. The Balaban J connectivity index is 1.98. The smallest absolute Gasteiger partial charge is 0.270 e. The van der Waals surface area contributed by atoms with Crippen molar-refractivity contribution in [3.8, 4) is 11.5 Å². The van der Waals surface area contributed by atoms with Crippen molar-refractivity contribution in [2.45, 2.75) is 0 Å². The molecule has 1 aromatic carbocycles. The van der Waals surface area contributed by atoms with Gasteiger partial charge in [-0.2, -0.15) is 0 Å². The lowest BCUT2D eigenvalue weighted by atomic mass is 10.2. The molecule has 0 atom stereocenters. The molecule has 1 aliphatic heterocycles. The molecule has 0 radical (unpaired) electrons. The summed E-state index contributed by atoms with van der Waals surface area (Å²) >= 11 is 0. The maximum Gasteiger partial charge on any atom is 0.270 e. The van der Waals surface area contributed by atoms with Crippen molar-refractivity contribution in [1.29, 1.82) is 0 Å². The van der Waals surface area contributed by atoms with Crippen molar-refractivity contribution in [2.24, 2.45) is 0 Å². The van der Waals surface area contributed by atoms with Crippen molar-refractivity contribution in [2.75, 3.05) is 40.4 Å². The average Bonchev–Trinajstić information content (AvgIpc) is 2.97. The summed E-state index contributed by atoms with van der Waals surface area (Å²) in [5, 5.41) is 4.10. The van der Waals surface area contributed by atoms with Gasteiger partial charge in [0.15, 0.2) is 11.5 Å². The normalized spacial score (nSPS) is 15.2. The second kappa shape index (κ2) is 5.65. The minimum absolute atomic E-state index is 0.0220.